The molecule has 0 saturated carbocycles. The van der Waals surface area contributed by atoms with Crippen molar-refractivity contribution in [1.29, 1.82) is 0 Å². The van der Waals surface area contributed by atoms with E-state index in [1.54, 1.807) is 24.3 Å². The van der Waals surface area contributed by atoms with Crippen LogP contribution in [0.15, 0.2) is 40.9 Å². The second-order valence-electron chi connectivity index (χ2n) is 3.79. The lowest BCUT2D eigenvalue weighted by atomic mass is 10.1. The van der Waals surface area contributed by atoms with Gasteiger partial charge in [0.05, 0.1) is 5.69 Å². The smallest absolute Gasteiger partial charge is 0.167 e. The molecular weight excluding hydrogens is 235 g/mol. The second-order valence-corrected chi connectivity index (χ2v) is 3.79. The highest BCUT2D eigenvalue weighted by Gasteiger charge is 2.10. The molecule has 5 nitrogen and oxygen atoms in total. The maximum Gasteiger partial charge on any atom is 0.167 e. The van der Waals surface area contributed by atoms with Crippen LogP contribution in [0.25, 0.3) is 22.7 Å². The van der Waals surface area contributed by atoms with E-state index in [2.05, 4.69) is 15.4 Å². The monoisotopic (exact) mass is 244 g/mol. The van der Waals surface area contributed by atoms with Crippen LogP contribution >= 0.6 is 0 Å². The van der Waals surface area contributed by atoms with Gasteiger partial charge in [-0.3, -0.25) is 5.10 Å². The maximum atomic E-state index is 12.8. The van der Waals surface area contributed by atoms with Gasteiger partial charge in [-0.15, -0.1) is 0 Å². The van der Waals surface area contributed by atoms with Crippen LogP contribution in [0.1, 0.15) is 0 Å². The summed E-state index contributed by atoms with van der Waals surface area (Å²) in [5, 5.41) is 10.4. The molecule has 6 heteroatoms. The predicted molar refractivity (Wildman–Crippen MR) is 63.9 cm³/mol. The van der Waals surface area contributed by atoms with Gasteiger partial charge in [-0.25, -0.2) is 4.39 Å². The van der Waals surface area contributed by atoms with E-state index in [0.29, 0.717) is 23.0 Å². The van der Waals surface area contributed by atoms with E-state index in [1.165, 1.54) is 12.1 Å². The number of nitrogens with two attached hydrogens (primary N) is 1. The third-order valence-corrected chi connectivity index (χ3v) is 2.51. The van der Waals surface area contributed by atoms with Gasteiger partial charge in [-0.1, -0.05) is 5.16 Å². The Kier molecular flexibility index (Phi) is 2.33. The number of H-pyrrole nitrogens is 1. The molecule has 0 atom stereocenters. The van der Waals surface area contributed by atoms with Crippen LogP contribution in [0, 0.1) is 5.82 Å². The molecule has 0 aliphatic heterocycles. The number of benzene rings is 1. The molecule has 0 amide bonds. The van der Waals surface area contributed by atoms with Crippen LogP contribution in [-0.4, -0.2) is 15.4 Å². The van der Waals surface area contributed by atoms with Crippen molar-refractivity contribution in [2.24, 2.45) is 0 Å². The average molecular weight is 244 g/mol. The van der Waals surface area contributed by atoms with Crippen LogP contribution < -0.4 is 5.73 Å². The molecule has 0 radical (unpaired) electrons. The van der Waals surface area contributed by atoms with E-state index >= 15 is 0 Å². The lowest BCUT2D eigenvalue weighted by molar-refractivity contribution is 0.434. The molecule has 18 heavy (non-hydrogen) atoms. The second kappa shape index (κ2) is 3.99. The van der Waals surface area contributed by atoms with Crippen molar-refractivity contribution in [2.45, 2.75) is 0 Å². The lowest BCUT2D eigenvalue weighted by Gasteiger charge is -1.93. The van der Waals surface area contributed by atoms with Crippen LogP contribution in [0.3, 0.4) is 0 Å². The van der Waals surface area contributed by atoms with Crippen molar-refractivity contribution < 1.29 is 8.91 Å². The Bertz CT molecular complexity index is 671. The summed E-state index contributed by atoms with van der Waals surface area (Å²) in [6.45, 7) is 0. The molecule has 0 aliphatic carbocycles. The number of anilines is 1. The summed E-state index contributed by atoms with van der Waals surface area (Å²) in [7, 11) is 0. The Balaban J connectivity index is 1.96. The van der Waals surface area contributed by atoms with E-state index in [0.717, 1.165) is 5.56 Å². The fourth-order valence-corrected chi connectivity index (χ4v) is 1.62. The largest absolute Gasteiger partial charge is 0.382 e. The van der Waals surface area contributed by atoms with Crippen molar-refractivity contribution in [3.8, 4) is 22.7 Å². The highest BCUT2D eigenvalue weighted by Crippen LogP contribution is 2.25. The van der Waals surface area contributed by atoms with Crippen molar-refractivity contribution in [1.82, 2.24) is 15.4 Å². The third-order valence-electron chi connectivity index (χ3n) is 2.51. The zero-order valence-corrected chi connectivity index (χ0v) is 9.22. The molecule has 0 bridgehead atoms. The summed E-state index contributed by atoms with van der Waals surface area (Å²) in [6.07, 6.45) is 0. The van der Waals surface area contributed by atoms with Gasteiger partial charge in [0.15, 0.2) is 5.76 Å². The van der Waals surface area contributed by atoms with Crippen LogP contribution in [0.2, 0.25) is 0 Å². The van der Waals surface area contributed by atoms with Gasteiger partial charge in [-0.2, -0.15) is 5.10 Å². The zero-order valence-electron chi connectivity index (χ0n) is 9.22. The molecule has 90 valence electrons. The first-order chi connectivity index (χ1) is 8.72. The summed E-state index contributed by atoms with van der Waals surface area (Å²) in [6, 6.07) is 9.38. The topological polar surface area (TPSA) is 80.7 Å². The minimum Gasteiger partial charge on any atom is -0.382 e. The molecule has 1 aromatic carbocycles. The number of nitrogens with zero attached hydrogens (tertiary/aromatic N) is 2. The van der Waals surface area contributed by atoms with Gasteiger partial charge in [0.25, 0.3) is 0 Å². The number of rotatable bonds is 2. The van der Waals surface area contributed by atoms with E-state index < -0.39 is 0 Å². The van der Waals surface area contributed by atoms with Gasteiger partial charge >= 0.3 is 0 Å². The Morgan fingerprint density at radius 3 is 2.61 bits per heavy atom. The van der Waals surface area contributed by atoms with Crippen LogP contribution in [0.5, 0.6) is 0 Å². The minimum atomic E-state index is -0.292. The Morgan fingerprint density at radius 1 is 1.17 bits per heavy atom. The molecule has 2 aromatic heterocycles. The average Bonchev–Trinajstić information content (AvgIpc) is 2.98. The summed E-state index contributed by atoms with van der Waals surface area (Å²) in [4.78, 5) is 0. The third kappa shape index (κ3) is 1.84. The number of aromatic nitrogens is 3. The summed E-state index contributed by atoms with van der Waals surface area (Å²) in [5.74, 6) is 0.648. The van der Waals surface area contributed by atoms with Gasteiger partial charge < -0.3 is 10.3 Å². The fraction of sp³-hybridized carbons (Fsp3) is 0. The van der Waals surface area contributed by atoms with E-state index in [9.17, 15) is 4.39 Å². The zero-order chi connectivity index (χ0) is 12.5. The molecule has 0 spiro atoms. The summed E-state index contributed by atoms with van der Waals surface area (Å²) < 4.78 is 18.0. The Labute approximate surface area is 101 Å². The molecule has 0 saturated heterocycles. The number of nitrogens with one attached hydrogen (secondary N) is 1. The lowest BCUT2D eigenvalue weighted by Crippen LogP contribution is -1.81. The van der Waals surface area contributed by atoms with Crippen molar-refractivity contribution in [3.63, 3.8) is 0 Å². The maximum absolute atomic E-state index is 12.8. The first-order valence-corrected chi connectivity index (χ1v) is 5.26. The van der Waals surface area contributed by atoms with Crippen LogP contribution in [0.4, 0.5) is 10.2 Å². The molecular formula is C12H9FN4O. The van der Waals surface area contributed by atoms with Crippen molar-refractivity contribution in [2.75, 3.05) is 5.73 Å². The van der Waals surface area contributed by atoms with Crippen LogP contribution in [-0.2, 0) is 0 Å². The number of halogens is 1. The Hall–Kier alpha value is -2.63. The van der Waals surface area contributed by atoms with E-state index in [-0.39, 0.29) is 5.82 Å². The summed E-state index contributed by atoms with van der Waals surface area (Å²) in [5.41, 5.74) is 7.53. The predicted octanol–water partition coefficient (Wildman–Crippen LogP) is 2.45. The van der Waals surface area contributed by atoms with Gasteiger partial charge in [0, 0.05) is 17.7 Å². The standard InChI is InChI=1S/C12H9FN4O/c13-8-3-1-7(2-4-8)11-5-10(17-18-11)9-6-12(14)16-15-9/h1-6H,(H3,14,15,16). The number of hydrogen-bond donors (Lipinski definition) is 2. The minimum absolute atomic E-state index is 0.292. The first kappa shape index (κ1) is 10.5. The number of nitrogen functional groups attached to an aromatic ring is 1. The molecule has 0 fully saturated rings. The quantitative estimate of drug-likeness (QED) is 0.725. The number of hydrogen-bond acceptors (Lipinski definition) is 4. The summed E-state index contributed by atoms with van der Waals surface area (Å²) >= 11 is 0. The number of aromatic amines is 1. The van der Waals surface area contributed by atoms with Crippen molar-refractivity contribution in [3.05, 3.63) is 42.2 Å². The SMILES string of the molecule is Nc1cc(-c2cc(-c3ccc(F)cc3)on2)[nH]n1. The molecule has 0 aliphatic rings. The Morgan fingerprint density at radius 2 is 1.94 bits per heavy atom. The van der Waals surface area contributed by atoms with Gasteiger partial charge in [-0.05, 0) is 24.3 Å². The highest BCUT2D eigenvalue weighted by molar-refractivity contribution is 5.65. The molecule has 2 heterocycles. The van der Waals surface area contributed by atoms with Gasteiger partial charge in [0.2, 0.25) is 0 Å². The fourth-order valence-electron chi connectivity index (χ4n) is 1.62. The molecule has 3 aromatic rings. The molecule has 3 rings (SSSR count). The highest BCUT2D eigenvalue weighted by atomic mass is 19.1. The van der Waals surface area contributed by atoms with Gasteiger partial charge in [0.1, 0.15) is 17.3 Å². The molecule has 3 N–H and O–H groups in total. The van der Waals surface area contributed by atoms with E-state index in [1.807, 2.05) is 0 Å². The first-order valence-electron chi connectivity index (χ1n) is 5.26. The van der Waals surface area contributed by atoms with Crippen molar-refractivity contribution >= 4 is 5.82 Å². The molecule has 0 unspecified atom stereocenters. The normalized spacial score (nSPS) is 10.7. The van der Waals surface area contributed by atoms with E-state index in [4.69, 9.17) is 10.3 Å².